The zero-order valence-electron chi connectivity index (χ0n) is 10.6. The van der Waals surface area contributed by atoms with Crippen LogP contribution >= 0.6 is 22.9 Å². The molecular formula is C12H18ClN3OS. The van der Waals surface area contributed by atoms with Crippen molar-refractivity contribution in [1.82, 2.24) is 14.7 Å². The Balaban J connectivity index is 2.02. The summed E-state index contributed by atoms with van der Waals surface area (Å²) in [7, 11) is 0. The first kappa shape index (κ1) is 13.8. The highest BCUT2D eigenvalue weighted by atomic mass is 35.5. The zero-order valence-corrected chi connectivity index (χ0v) is 12.2. The van der Waals surface area contributed by atoms with E-state index in [1.807, 2.05) is 29.8 Å². The zero-order chi connectivity index (χ0) is 13.2. The molecule has 2 heterocycles. The van der Waals surface area contributed by atoms with Crippen LogP contribution in [-0.4, -0.2) is 26.6 Å². The number of imidazole rings is 1. The van der Waals surface area contributed by atoms with Gasteiger partial charge in [-0.25, -0.2) is 4.98 Å². The third-order valence-corrected chi connectivity index (χ3v) is 4.43. The SMILES string of the molecule is CCC(O)(CC)CNCc1c(Cl)nc2sccn12. The van der Waals surface area contributed by atoms with E-state index in [2.05, 4.69) is 10.3 Å². The molecule has 0 amide bonds. The van der Waals surface area contributed by atoms with E-state index in [-0.39, 0.29) is 0 Å². The Bertz CT molecular complexity index is 518. The molecule has 2 N–H and O–H groups in total. The average molecular weight is 288 g/mol. The Kier molecular flexibility index (Phi) is 4.27. The van der Waals surface area contributed by atoms with Gasteiger partial charge in [-0.15, -0.1) is 11.3 Å². The fourth-order valence-corrected chi connectivity index (χ4v) is 2.90. The first-order valence-corrected chi connectivity index (χ1v) is 7.38. The fourth-order valence-electron chi connectivity index (χ4n) is 1.88. The van der Waals surface area contributed by atoms with Crippen LogP contribution < -0.4 is 5.32 Å². The van der Waals surface area contributed by atoms with Crippen LogP contribution in [0, 0.1) is 0 Å². The molecule has 2 aromatic heterocycles. The van der Waals surface area contributed by atoms with Crippen LogP contribution in [0.1, 0.15) is 32.4 Å². The topological polar surface area (TPSA) is 49.6 Å². The lowest BCUT2D eigenvalue weighted by Gasteiger charge is -2.25. The second kappa shape index (κ2) is 5.57. The maximum Gasteiger partial charge on any atom is 0.195 e. The molecule has 0 unspecified atom stereocenters. The van der Waals surface area contributed by atoms with Crippen molar-refractivity contribution in [3.8, 4) is 0 Å². The summed E-state index contributed by atoms with van der Waals surface area (Å²) in [5, 5.41) is 16.0. The lowest BCUT2D eigenvalue weighted by atomic mass is 9.98. The summed E-state index contributed by atoms with van der Waals surface area (Å²) < 4.78 is 1.98. The molecule has 0 saturated heterocycles. The van der Waals surface area contributed by atoms with Gasteiger partial charge in [0.25, 0.3) is 0 Å². The van der Waals surface area contributed by atoms with E-state index >= 15 is 0 Å². The minimum absolute atomic E-state index is 0.533. The van der Waals surface area contributed by atoms with Crippen LogP contribution in [0.3, 0.4) is 0 Å². The first-order chi connectivity index (χ1) is 8.59. The van der Waals surface area contributed by atoms with Crippen LogP contribution in [0.25, 0.3) is 4.96 Å². The van der Waals surface area contributed by atoms with E-state index in [0.717, 1.165) is 23.5 Å². The van der Waals surface area contributed by atoms with Gasteiger partial charge in [-0.1, -0.05) is 25.4 Å². The van der Waals surface area contributed by atoms with E-state index in [1.165, 1.54) is 0 Å². The lowest BCUT2D eigenvalue weighted by Crippen LogP contribution is -2.39. The van der Waals surface area contributed by atoms with Gasteiger partial charge in [0.2, 0.25) is 0 Å². The molecule has 2 aromatic rings. The second-order valence-electron chi connectivity index (χ2n) is 4.44. The van der Waals surface area contributed by atoms with Crippen molar-refractivity contribution in [3.63, 3.8) is 0 Å². The van der Waals surface area contributed by atoms with Gasteiger partial charge < -0.3 is 10.4 Å². The summed E-state index contributed by atoms with van der Waals surface area (Å²) in [6.45, 7) is 5.16. The van der Waals surface area contributed by atoms with E-state index in [1.54, 1.807) is 11.3 Å². The third-order valence-electron chi connectivity index (χ3n) is 3.37. The molecule has 0 aliphatic carbocycles. The van der Waals surface area contributed by atoms with Crippen molar-refractivity contribution in [2.24, 2.45) is 0 Å². The van der Waals surface area contributed by atoms with Gasteiger partial charge >= 0.3 is 0 Å². The molecule has 0 spiro atoms. The van der Waals surface area contributed by atoms with Gasteiger partial charge in [0.1, 0.15) is 0 Å². The number of rotatable bonds is 6. The van der Waals surface area contributed by atoms with E-state index in [4.69, 9.17) is 11.6 Å². The Morgan fingerprint density at radius 2 is 2.22 bits per heavy atom. The molecule has 0 radical (unpaired) electrons. The summed E-state index contributed by atoms with van der Waals surface area (Å²) in [5.74, 6) is 0. The molecule has 18 heavy (non-hydrogen) atoms. The Hall–Kier alpha value is -0.620. The quantitative estimate of drug-likeness (QED) is 0.859. The number of nitrogens with one attached hydrogen (secondary N) is 1. The maximum absolute atomic E-state index is 10.2. The number of hydrogen-bond acceptors (Lipinski definition) is 4. The predicted octanol–water partition coefficient (Wildman–Crippen LogP) is 2.69. The normalized spacial score (nSPS) is 12.4. The van der Waals surface area contributed by atoms with Gasteiger partial charge in [0.05, 0.1) is 11.3 Å². The summed E-state index contributed by atoms with van der Waals surface area (Å²) >= 11 is 7.66. The number of aromatic nitrogens is 2. The molecular weight excluding hydrogens is 270 g/mol. The van der Waals surface area contributed by atoms with Crippen molar-refractivity contribution in [1.29, 1.82) is 0 Å². The Morgan fingerprint density at radius 1 is 1.50 bits per heavy atom. The Labute approximate surface area is 116 Å². The van der Waals surface area contributed by atoms with Crippen LogP contribution in [-0.2, 0) is 6.54 Å². The van der Waals surface area contributed by atoms with Crippen molar-refractivity contribution in [2.45, 2.75) is 38.8 Å². The molecule has 0 aliphatic heterocycles. The largest absolute Gasteiger partial charge is 0.389 e. The maximum atomic E-state index is 10.2. The van der Waals surface area contributed by atoms with Crippen molar-refractivity contribution in [3.05, 3.63) is 22.4 Å². The number of hydrogen-bond donors (Lipinski definition) is 2. The van der Waals surface area contributed by atoms with Gasteiger partial charge in [0, 0.05) is 24.7 Å². The van der Waals surface area contributed by atoms with E-state index in [0.29, 0.717) is 18.2 Å². The minimum Gasteiger partial charge on any atom is -0.389 e. The third kappa shape index (κ3) is 2.69. The standard InChI is InChI=1S/C12H18ClN3OS/c1-3-12(17,4-2)8-14-7-9-10(13)15-11-16(9)5-6-18-11/h5-6,14,17H,3-4,7-8H2,1-2H3. The molecule has 100 valence electrons. The molecule has 0 bridgehead atoms. The van der Waals surface area contributed by atoms with Crippen LogP contribution in [0.4, 0.5) is 0 Å². The van der Waals surface area contributed by atoms with Crippen molar-refractivity contribution in [2.75, 3.05) is 6.54 Å². The number of halogens is 1. The highest BCUT2D eigenvalue weighted by molar-refractivity contribution is 7.15. The molecule has 2 rings (SSSR count). The monoisotopic (exact) mass is 287 g/mol. The highest BCUT2D eigenvalue weighted by Gasteiger charge is 2.21. The number of nitrogens with zero attached hydrogens (tertiary/aromatic N) is 2. The summed E-state index contributed by atoms with van der Waals surface area (Å²) in [6, 6.07) is 0. The molecule has 6 heteroatoms. The Morgan fingerprint density at radius 3 is 2.89 bits per heavy atom. The molecule has 4 nitrogen and oxygen atoms in total. The molecule has 0 aliphatic rings. The van der Waals surface area contributed by atoms with Gasteiger partial charge in [-0.3, -0.25) is 4.40 Å². The number of aliphatic hydroxyl groups is 1. The summed E-state index contributed by atoms with van der Waals surface area (Å²) in [4.78, 5) is 5.17. The molecule has 0 atom stereocenters. The number of fused-ring (bicyclic) bond motifs is 1. The fraction of sp³-hybridized carbons (Fsp3) is 0.583. The lowest BCUT2D eigenvalue weighted by molar-refractivity contribution is 0.0322. The van der Waals surface area contributed by atoms with Crippen LogP contribution in [0.2, 0.25) is 5.15 Å². The van der Waals surface area contributed by atoms with Crippen molar-refractivity contribution < 1.29 is 5.11 Å². The molecule has 0 fully saturated rings. The van der Waals surface area contributed by atoms with Gasteiger partial charge in [-0.2, -0.15) is 0 Å². The van der Waals surface area contributed by atoms with E-state index < -0.39 is 5.60 Å². The van der Waals surface area contributed by atoms with Crippen LogP contribution in [0.15, 0.2) is 11.6 Å². The van der Waals surface area contributed by atoms with E-state index in [9.17, 15) is 5.11 Å². The highest BCUT2D eigenvalue weighted by Crippen LogP contribution is 2.21. The van der Waals surface area contributed by atoms with Crippen molar-refractivity contribution >= 4 is 27.9 Å². The smallest absolute Gasteiger partial charge is 0.195 e. The van der Waals surface area contributed by atoms with Gasteiger partial charge in [0.15, 0.2) is 10.1 Å². The minimum atomic E-state index is -0.634. The average Bonchev–Trinajstić information content (AvgIpc) is 2.92. The van der Waals surface area contributed by atoms with Crippen LogP contribution in [0.5, 0.6) is 0 Å². The van der Waals surface area contributed by atoms with Gasteiger partial charge in [-0.05, 0) is 12.8 Å². The second-order valence-corrected chi connectivity index (χ2v) is 5.67. The molecule has 0 aromatic carbocycles. The first-order valence-electron chi connectivity index (χ1n) is 6.12. The predicted molar refractivity (Wildman–Crippen MR) is 75.3 cm³/mol. The molecule has 0 saturated carbocycles. The summed E-state index contributed by atoms with van der Waals surface area (Å²) in [6.07, 6.45) is 3.44. The number of thiazole rings is 1. The summed E-state index contributed by atoms with van der Waals surface area (Å²) in [5.41, 5.74) is 0.313.